The molecule has 7 rings (SSSR count). The summed E-state index contributed by atoms with van der Waals surface area (Å²) >= 11 is 1.65. The molecule has 1 aromatic carbocycles. The van der Waals surface area contributed by atoms with Crippen molar-refractivity contribution in [3.63, 3.8) is 0 Å². The second-order valence-corrected chi connectivity index (χ2v) is 12.8. The fourth-order valence-corrected chi connectivity index (χ4v) is 9.39. The number of likely N-dealkylation sites (tertiary alicyclic amines) is 1. The Morgan fingerprint density at radius 2 is 1.45 bits per heavy atom. The van der Waals surface area contributed by atoms with Gasteiger partial charge in [0.1, 0.15) is 5.82 Å². The van der Waals surface area contributed by atoms with Gasteiger partial charge < -0.3 is 9.80 Å². The van der Waals surface area contributed by atoms with Crippen LogP contribution in [0.4, 0.5) is 5.82 Å². The van der Waals surface area contributed by atoms with Crippen LogP contribution in [0.15, 0.2) is 24.3 Å². The number of nitrogens with zero attached hydrogens (tertiary/aromatic N) is 4. The molecule has 5 heteroatoms. The predicted molar refractivity (Wildman–Crippen MR) is 138 cm³/mol. The maximum atomic E-state index is 4.81. The van der Waals surface area contributed by atoms with Crippen LogP contribution in [0, 0.1) is 35.5 Å². The van der Waals surface area contributed by atoms with Crippen LogP contribution in [0.1, 0.15) is 44.9 Å². The molecular weight excluding hydrogens is 424 g/mol. The van der Waals surface area contributed by atoms with Gasteiger partial charge in [-0.3, -0.25) is 4.90 Å². The molecule has 0 N–H and O–H groups in total. The second-order valence-electron chi connectivity index (χ2n) is 12.0. The second kappa shape index (κ2) is 8.80. The van der Waals surface area contributed by atoms with Gasteiger partial charge in [0.2, 0.25) is 0 Å². The number of aromatic nitrogens is 1. The van der Waals surface area contributed by atoms with Gasteiger partial charge in [-0.1, -0.05) is 25.0 Å². The van der Waals surface area contributed by atoms with Gasteiger partial charge in [0, 0.05) is 57.7 Å². The maximum absolute atomic E-state index is 4.81. The summed E-state index contributed by atoms with van der Waals surface area (Å²) in [5.74, 6) is 7.41. The number of benzene rings is 1. The summed E-state index contributed by atoms with van der Waals surface area (Å²) in [5.41, 5.74) is 0. The largest absolute Gasteiger partial charge is 0.353 e. The highest BCUT2D eigenvalue weighted by molar-refractivity contribution is 7.13. The lowest BCUT2D eigenvalue weighted by molar-refractivity contribution is 0.114. The van der Waals surface area contributed by atoms with E-state index in [1.165, 1.54) is 80.9 Å². The molecule has 5 fully saturated rings. The summed E-state index contributed by atoms with van der Waals surface area (Å²) in [4.78, 5) is 8.24. The van der Waals surface area contributed by atoms with Crippen LogP contribution in [0.3, 0.4) is 0 Å². The highest BCUT2D eigenvalue weighted by Gasteiger charge is 2.51. The van der Waals surface area contributed by atoms with Crippen LogP contribution in [-0.4, -0.2) is 66.5 Å². The average molecular weight is 465 g/mol. The third-order valence-electron chi connectivity index (χ3n) is 10.3. The summed E-state index contributed by atoms with van der Waals surface area (Å²) in [6.45, 7) is 10.3. The molecule has 3 aliphatic carbocycles. The van der Waals surface area contributed by atoms with Crippen LogP contribution in [-0.2, 0) is 0 Å². The highest BCUT2D eigenvalue weighted by atomic mass is 32.1. The van der Waals surface area contributed by atoms with Crippen LogP contribution in [0.2, 0.25) is 0 Å². The summed E-state index contributed by atoms with van der Waals surface area (Å²) in [6, 6.07) is 8.72. The molecule has 2 saturated heterocycles. The van der Waals surface area contributed by atoms with Crippen molar-refractivity contribution in [1.29, 1.82) is 0 Å². The summed E-state index contributed by atoms with van der Waals surface area (Å²) in [7, 11) is 0. The molecule has 5 aliphatic rings. The van der Waals surface area contributed by atoms with Gasteiger partial charge >= 0.3 is 0 Å². The van der Waals surface area contributed by atoms with Crippen LogP contribution in [0.25, 0.3) is 10.1 Å². The van der Waals surface area contributed by atoms with E-state index in [-0.39, 0.29) is 0 Å². The fourth-order valence-electron chi connectivity index (χ4n) is 8.59. The molecule has 1 aromatic heterocycles. The maximum Gasteiger partial charge on any atom is 0.150 e. The summed E-state index contributed by atoms with van der Waals surface area (Å²) in [5, 5.41) is 1.34. The van der Waals surface area contributed by atoms with Gasteiger partial charge in [0.25, 0.3) is 0 Å². The molecule has 3 heterocycles. The van der Waals surface area contributed by atoms with E-state index >= 15 is 0 Å². The summed E-state index contributed by atoms with van der Waals surface area (Å²) in [6.07, 6.45) is 10.6. The normalized spacial score (nSPS) is 37.3. The van der Waals surface area contributed by atoms with Crippen molar-refractivity contribution in [2.45, 2.75) is 44.9 Å². The zero-order chi connectivity index (χ0) is 21.8. The number of fused-ring (bicyclic) bond motifs is 6. The van der Waals surface area contributed by atoms with Crippen molar-refractivity contribution in [1.82, 2.24) is 14.2 Å². The molecule has 2 bridgehead atoms. The van der Waals surface area contributed by atoms with Crippen molar-refractivity contribution in [3.8, 4) is 0 Å². The summed E-state index contributed by atoms with van der Waals surface area (Å²) < 4.78 is 6.13. The van der Waals surface area contributed by atoms with E-state index in [4.69, 9.17) is 4.37 Å². The SMILES string of the molecule is c1ccc2c(N3CCN(C[C@@H]4CCCC[C@H]4CN4C[C@@H]5[C@H]6CC[C@H](C6)[C@@H]5C4)CC3)nsc2c1. The molecule has 6 atom stereocenters. The molecule has 0 unspecified atom stereocenters. The fraction of sp³-hybridized carbons (Fsp3) is 0.750. The van der Waals surface area contributed by atoms with Gasteiger partial charge in [-0.25, -0.2) is 0 Å². The van der Waals surface area contributed by atoms with Crippen molar-refractivity contribution < 1.29 is 0 Å². The highest BCUT2D eigenvalue weighted by Crippen LogP contribution is 2.55. The predicted octanol–water partition coefficient (Wildman–Crippen LogP) is 5.20. The molecule has 4 nitrogen and oxygen atoms in total. The van der Waals surface area contributed by atoms with Gasteiger partial charge in [0.05, 0.1) is 4.70 Å². The van der Waals surface area contributed by atoms with E-state index in [0.29, 0.717) is 0 Å². The molecular formula is C28H40N4S. The Balaban J connectivity index is 0.949. The third-order valence-corrected chi connectivity index (χ3v) is 11.1. The first-order chi connectivity index (χ1) is 16.3. The number of hydrogen-bond donors (Lipinski definition) is 0. The Bertz CT molecular complexity index is 948. The first-order valence-corrected chi connectivity index (χ1v) is 14.6. The quantitative estimate of drug-likeness (QED) is 0.606. The number of hydrogen-bond acceptors (Lipinski definition) is 5. The molecule has 0 spiro atoms. The van der Waals surface area contributed by atoms with Gasteiger partial charge in [-0.05, 0) is 91.3 Å². The minimum Gasteiger partial charge on any atom is -0.353 e. The topological polar surface area (TPSA) is 22.6 Å². The number of rotatable bonds is 5. The molecule has 2 aliphatic heterocycles. The number of anilines is 1. The Labute approximate surface area is 203 Å². The van der Waals surface area contributed by atoms with E-state index in [1.807, 2.05) is 0 Å². The lowest BCUT2D eigenvalue weighted by atomic mass is 9.78. The van der Waals surface area contributed by atoms with E-state index in [1.54, 1.807) is 30.8 Å². The minimum atomic E-state index is 0.919. The smallest absolute Gasteiger partial charge is 0.150 e. The minimum absolute atomic E-state index is 0.919. The van der Waals surface area contributed by atoms with E-state index < -0.39 is 0 Å². The van der Waals surface area contributed by atoms with Crippen LogP contribution >= 0.6 is 11.5 Å². The molecule has 178 valence electrons. The Hall–Kier alpha value is -1.17. The molecule has 0 radical (unpaired) electrons. The lowest BCUT2D eigenvalue weighted by Gasteiger charge is -2.41. The monoisotopic (exact) mass is 464 g/mol. The van der Waals surface area contributed by atoms with E-state index in [0.717, 1.165) is 48.6 Å². The van der Waals surface area contributed by atoms with Crippen LogP contribution in [0.5, 0.6) is 0 Å². The zero-order valence-corrected chi connectivity index (χ0v) is 20.9. The van der Waals surface area contributed by atoms with Gasteiger partial charge in [0.15, 0.2) is 0 Å². The zero-order valence-electron chi connectivity index (χ0n) is 20.1. The van der Waals surface area contributed by atoms with E-state index in [9.17, 15) is 0 Å². The number of piperazine rings is 1. The third kappa shape index (κ3) is 3.92. The standard InChI is InChI=1S/C28H40N4S/c1-2-6-23(17-31-18-25-20-9-10-21(15-20)26(25)19-31)22(5-1)16-30-11-13-32(14-12-30)28-24-7-3-4-8-27(24)33-29-28/h3-4,7-8,20-23,25-26H,1-2,5-6,9-19H2/t20-,21+,22-,23-,25+,26-/m0/s1. The Morgan fingerprint density at radius 1 is 0.788 bits per heavy atom. The van der Waals surface area contributed by atoms with Crippen molar-refractivity contribution in [2.75, 3.05) is 57.3 Å². The van der Waals surface area contributed by atoms with Crippen molar-refractivity contribution >= 4 is 27.4 Å². The lowest BCUT2D eigenvalue weighted by Crippen LogP contribution is -2.49. The first kappa shape index (κ1) is 21.1. The molecule has 0 amide bonds. The van der Waals surface area contributed by atoms with Gasteiger partial charge in [-0.2, -0.15) is 4.37 Å². The van der Waals surface area contributed by atoms with Gasteiger partial charge in [-0.15, -0.1) is 0 Å². The Morgan fingerprint density at radius 3 is 2.18 bits per heavy atom. The molecule has 2 aromatic rings. The molecule has 3 saturated carbocycles. The first-order valence-electron chi connectivity index (χ1n) is 13.9. The average Bonchev–Trinajstić information content (AvgIpc) is 3.63. The molecule has 33 heavy (non-hydrogen) atoms. The van der Waals surface area contributed by atoms with E-state index in [2.05, 4.69) is 39.0 Å². The van der Waals surface area contributed by atoms with Crippen molar-refractivity contribution in [3.05, 3.63) is 24.3 Å². The van der Waals surface area contributed by atoms with Crippen molar-refractivity contribution in [2.24, 2.45) is 35.5 Å². The Kier molecular flexibility index (Phi) is 5.64. The van der Waals surface area contributed by atoms with Crippen LogP contribution < -0.4 is 4.90 Å².